The minimum atomic E-state index is 0.131. The topological polar surface area (TPSA) is 53.4 Å². The van der Waals surface area contributed by atoms with Gasteiger partial charge in [-0.3, -0.25) is 14.4 Å². The largest absolute Gasteiger partial charge is 0.335 e. The van der Waals surface area contributed by atoms with Crippen molar-refractivity contribution in [1.82, 2.24) is 24.9 Å². The van der Waals surface area contributed by atoms with Gasteiger partial charge in [0.25, 0.3) is 5.91 Å². The van der Waals surface area contributed by atoms with Crippen molar-refractivity contribution in [3.8, 4) is 0 Å². The second kappa shape index (κ2) is 5.42. The zero-order chi connectivity index (χ0) is 15.0. The van der Waals surface area contributed by atoms with E-state index in [1.54, 1.807) is 4.68 Å². The number of hydrogen-bond donors (Lipinski definition) is 1. The summed E-state index contributed by atoms with van der Waals surface area (Å²) >= 11 is 0. The van der Waals surface area contributed by atoms with E-state index in [9.17, 15) is 4.79 Å². The minimum Gasteiger partial charge on any atom is -0.335 e. The first-order valence-corrected chi connectivity index (χ1v) is 7.73. The molecule has 1 aromatic rings. The molecule has 6 nitrogen and oxygen atoms in total. The van der Waals surface area contributed by atoms with Crippen LogP contribution in [-0.2, 0) is 7.05 Å². The predicted molar refractivity (Wildman–Crippen MR) is 81.3 cm³/mol. The molecule has 0 radical (unpaired) electrons. The molecule has 2 saturated heterocycles. The average molecular weight is 291 g/mol. The Labute approximate surface area is 126 Å². The van der Waals surface area contributed by atoms with Gasteiger partial charge >= 0.3 is 0 Å². The summed E-state index contributed by atoms with van der Waals surface area (Å²) in [7, 11) is 4.06. The van der Waals surface area contributed by atoms with Gasteiger partial charge in [0.05, 0.1) is 11.3 Å². The number of amides is 1. The number of piperazine rings is 1. The molecule has 1 aromatic heterocycles. The maximum Gasteiger partial charge on any atom is 0.257 e. The molecule has 1 N–H and O–H groups in total. The first-order chi connectivity index (χ1) is 10.0. The normalized spacial score (nSPS) is 22.7. The van der Waals surface area contributed by atoms with E-state index in [0.29, 0.717) is 0 Å². The second-order valence-corrected chi connectivity index (χ2v) is 6.42. The van der Waals surface area contributed by atoms with Crippen molar-refractivity contribution < 1.29 is 4.79 Å². The lowest BCUT2D eigenvalue weighted by Gasteiger charge is -2.51. The van der Waals surface area contributed by atoms with Gasteiger partial charge in [-0.1, -0.05) is 0 Å². The third-order valence-electron chi connectivity index (χ3n) is 5.07. The van der Waals surface area contributed by atoms with Crippen LogP contribution in [0.2, 0.25) is 0 Å². The summed E-state index contributed by atoms with van der Waals surface area (Å²) in [4.78, 5) is 17.3. The van der Waals surface area contributed by atoms with Crippen LogP contribution in [0.15, 0.2) is 6.20 Å². The van der Waals surface area contributed by atoms with Crippen LogP contribution in [0.5, 0.6) is 0 Å². The quantitative estimate of drug-likeness (QED) is 0.805. The lowest BCUT2D eigenvalue weighted by atomic mass is 9.84. The Morgan fingerprint density at radius 3 is 2.62 bits per heavy atom. The van der Waals surface area contributed by atoms with Gasteiger partial charge in [0.1, 0.15) is 0 Å². The van der Waals surface area contributed by atoms with Crippen molar-refractivity contribution in [3.05, 3.63) is 17.5 Å². The van der Waals surface area contributed by atoms with Crippen molar-refractivity contribution >= 4 is 5.91 Å². The van der Waals surface area contributed by atoms with Crippen molar-refractivity contribution in [1.29, 1.82) is 0 Å². The first-order valence-electron chi connectivity index (χ1n) is 7.73. The van der Waals surface area contributed by atoms with Crippen LogP contribution in [0.4, 0.5) is 0 Å². The Kier molecular flexibility index (Phi) is 3.75. The minimum absolute atomic E-state index is 0.131. The van der Waals surface area contributed by atoms with Crippen molar-refractivity contribution in [2.45, 2.75) is 25.3 Å². The molecule has 3 rings (SSSR count). The van der Waals surface area contributed by atoms with E-state index in [2.05, 4.69) is 22.4 Å². The molecule has 0 bridgehead atoms. The van der Waals surface area contributed by atoms with E-state index in [1.807, 2.05) is 25.1 Å². The van der Waals surface area contributed by atoms with Crippen LogP contribution in [-0.4, -0.2) is 70.8 Å². The summed E-state index contributed by atoms with van der Waals surface area (Å²) in [5, 5.41) is 7.72. The van der Waals surface area contributed by atoms with Gasteiger partial charge in [0.2, 0.25) is 0 Å². The average Bonchev–Trinajstić information content (AvgIpc) is 2.81. The highest BCUT2D eigenvalue weighted by Gasteiger charge is 2.42. The molecule has 1 spiro atoms. The summed E-state index contributed by atoms with van der Waals surface area (Å²) in [6.07, 6.45) is 4.06. The number of hydrogen-bond acceptors (Lipinski definition) is 4. The van der Waals surface area contributed by atoms with E-state index in [0.717, 1.165) is 56.8 Å². The zero-order valence-corrected chi connectivity index (χ0v) is 13.2. The first kappa shape index (κ1) is 14.5. The predicted octanol–water partition coefficient (Wildman–Crippen LogP) is 0.238. The highest BCUT2D eigenvalue weighted by Crippen LogP contribution is 2.30. The molecule has 2 aliphatic heterocycles. The number of carbonyl (C=O) groups is 1. The number of rotatable bonds is 1. The third-order valence-corrected chi connectivity index (χ3v) is 5.07. The monoisotopic (exact) mass is 291 g/mol. The van der Waals surface area contributed by atoms with E-state index in [1.165, 1.54) is 0 Å². The van der Waals surface area contributed by atoms with Crippen LogP contribution >= 0.6 is 0 Å². The molecule has 2 aliphatic rings. The van der Waals surface area contributed by atoms with E-state index < -0.39 is 0 Å². The Hall–Kier alpha value is -1.40. The Balaban J connectivity index is 1.80. The van der Waals surface area contributed by atoms with Crippen LogP contribution < -0.4 is 5.32 Å². The van der Waals surface area contributed by atoms with Crippen LogP contribution in [0.1, 0.15) is 28.9 Å². The fourth-order valence-corrected chi connectivity index (χ4v) is 3.65. The van der Waals surface area contributed by atoms with Crippen LogP contribution in [0.3, 0.4) is 0 Å². The highest BCUT2D eigenvalue weighted by molar-refractivity contribution is 5.95. The Morgan fingerprint density at radius 2 is 2.00 bits per heavy atom. The van der Waals surface area contributed by atoms with Gasteiger partial charge in [-0.15, -0.1) is 0 Å². The van der Waals surface area contributed by atoms with Crippen molar-refractivity contribution in [3.63, 3.8) is 0 Å². The molecule has 1 amide bonds. The van der Waals surface area contributed by atoms with Crippen molar-refractivity contribution in [2.24, 2.45) is 7.05 Å². The zero-order valence-electron chi connectivity index (χ0n) is 13.2. The molecule has 0 saturated carbocycles. The van der Waals surface area contributed by atoms with Crippen LogP contribution in [0.25, 0.3) is 0 Å². The third kappa shape index (κ3) is 2.58. The molecule has 0 aliphatic carbocycles. The molecular formula is C15H25N5O. The fourth-order valence-electron chi connectivity index (χ4n) is 3.65. The summed E-state index contributed by atoms with van der Waals surface area (Å²) in [5.74, 6) is 0.131. The Bertz CT molecular complexity index is 532. The summed E-state index contributed by atoms with van der Waals surface area (Å²) in [6, 6.07) is 0. The number of nitrogens with one attached hydrogen (secondary N) is 1. The maximum absolute atomic E-state index is 12.8. The molecule has 6 heteroatoms. The highest BCUT2D eigenvalue weighted by atomic mass is 16.2. The van der Waals surface area contributed by atoms with E-state index in [4.69, 9.17) is 0 Å². The number of likely N-dealkylation sites (N-methyl/N-ethyl adjacent to an activating group) is 1. The molecule has 0 unspecified atom stereocenters. The van der Waals surface area contributed by atoms with Gasteiger partial charge in [-0.2, -0.15) is 5.10 Å². The molecule has 0 aromatic carbocycles. The lowest BCUT2D eigenvalue weighted by molar-refractivity contribution is -0.00101. The van der Waals surface area contributed by atoms with Gasteiger partial charge in [-0.05, 0) is 39.9 Å². The molecule has 2 fully saturated rings. The fraction of sp³-hybridized carbons (Fsp3) is 0.733. The van der Waals surface area contributed by atoms with E-state index in [-0.39, 0.29) is 11.4 Å². The number of aryl methyl sites for hydroxylation is 2. The molecule has 3 heterocycles. The molecule has 116 valence electrons. The molecular weight excluding hydrogens is 266 g/mol. The SMILES string of the molecule is Cc1nn(C)cc1C(=O)N1CCN(C)C2(CCNCC2)C1. The van der Waals surface area contributed by atoms with Gasteiger partial charge in [0.15, 0.2) is 0 Å². The number of aromatic nitrogens is 2. The summed E-state index contributed by atoms with van der Waals surface area (Å²) in [6.45, 7) is 6.57. The van der Waals surface area contributed by atoms with Gasteiger partial charge < -0.3 is 10.2 Å². The smallest absolute Gasteiger partial charge is 0.257 e. The second-order valence-electron chi connectivity index (χ2n) is 6.42. The summed E-state index contributed by atoms with van der Waals surface area (Å²) in [5.41, 5.74) is 1.71. The maximum atomic E-state index is 12.8. The lowest BCUT2D eigenvalue weighted by Crippen LogP contribution is -2.64. The Morgan fingerprint density at radius 1 is 1.29 bits per heavy atom. The molecule has 0 atom stereocenters. The molecule has 21 heavy (non-hydrogen) atoms. The van der Waals surface area contributed by atoms with E-state index >= 15 is 0 Å². The van der Waals surface area contributed by atoms with Gasteiger partial charge in [-0.25, -0.2) is 0 Å². The standard InChI is InChI=1S/C15H25N5O/c1-12-13(10-19(3)17-12)14(21)20-9-8-18(2)15(11-20)4-6-16-7-5-15/h10,16H,4-9,11H2,1-3H3. The van der Waals surface area contributed by atoms with Crippen LogP contribution in [0, 0.1) is 6.92 Å². The van der Waals surface area contributed by atoms with Gasteiger partial charge in [0, 0.05) is 38.4 Å². The number of nitrogens with zero attached hydrogens (tertiary/aromatic N) is 4. The number of carbonyl (C=O) groups excluding carboxylic acids is 1. The number of piperidine rings is 1. The summed E-state index contributed by atoms with van der Waals surface area (Å²) < 4.78 is 1.72. The van der Waals surface area contributed by atoms with Crippen molar-refractivity contribution in [2.75, 3.05) is 39.8 Å².